The summed E-state index contributed by atoms with van der Waals surface area (Å²) in [5.41, 5.74) is 9.21. The lowest BCUT2D eigenvalue weighted by Gasteiger charge is -2.16. The SMILES string of the molecule is Cc1ccc(-c2cc(C(C)(C)N)cs2)cc1Cl. The van der Waals surface area contributed by atoms with E-state index in [1.165, 1.54) is 4.88 Å². The molecule has 0 unspecified atom stereocenters. The van der Waals surface area contributed by atoms with Crippen molar-refractivity contribution in [3.63, 3.8) is 0 Å². The molecule has 2 rings (SSSR count). The number of aryl methyl sites for hydroxylation is 1. The van der Waals surface area contributed by atoms with E-state index in [4.69, 9.17) is 17.3 Å². The summed E-state index contributed by atoms with van der Waals surface area (Å²) in [6.07, 6.45) is 0. The van der Waals surface area contributed by atoms with Gasteiger partial charge in [0.15, 0.2) is 0 Å². The monoisotopic (exact) mass is 265 g/mol. The van der Waals surface area contributed by atoms with Crippen molar-refractivity contribution in [2.75, 3.05) is 0 Å². The van der Waals surface area contributed by atoms with E-state index in [-0.39, 0.29) is 5.54 Å². The van der Waals surface area contributed by atoms with Crippen LogP contribution in [-0.2, 0) is 5.54 Å². The van der Waals surface area contributed by atoms with E-state index >= 15 is 0 Å². The number of halogens is 1. The molecule has 0 spiro atoms. The average molecular weight is 266 g/mol. The zero-order chi connectivity index (χ0) is 12.6. The molecule has 0 radical (unpaired) electrons. The molecule has 0 atom stereocenters. The molecule has 1 aromatic carbocycles. The van der Waals surface area contributed by atoms with Crippen molar-refractivity contribution in [2.45, 2.75) is 26.3 Å². The third kappa shape index (κ3) is 2.71. The standard InChI is InChI=1S/C14H16ClNS/c1-9-4-5-10(6-12(9)15)13-7-11(8-17-13)14(2,3)16/h4-8H,16H2,1-3H3. The van der Waals surface area contributed by atoms with Gasteiger partial charge >= 0.3 is 0 Å². The van der Waals surface area contributed by atoms with Gasteiger partial charge in [-0.25, -0.2) is 0 Å². The zero-order valence-electron chi connectivity index (χ0n) is 10.3. The second-order valence-corrected chi connectivity index (χ2v) is 6.20. The first kappa shape index (κ1) is 12.6. The minimum absolute atomic E-state index is 0.288. The molecule has 90 valence electrons. The van der Waals surface area contributed by atoms with Crippen LogP contribution in [0.2, 0.25) is 5.02 Å². The highest BCUT2D eigenvalue weighted by Gasteiger charge is 2.16. The van der Waals surface area contributed by atoms with Crippen molar-refractivity contribution in [3.05, 3.63) is 45.8 Å². The normalized spacial score (nSPS) is 11.8. The minimum atomic E-state index is -0.288. The fourth-order valence-electron chi connectivity index (χ4n) is 1.57. The van der Waals surface area contributed by atoms with E-state index in [2.05, 4.69) is 17.5 Å². The molecular weight excluding hydrogens is 250 g/mol. The molecule has 0 saturated heterocycles. The van der Waals surface area contributed by atoms with Gasteiger partial charge < -0.3 is 5.73 Å². The zero-order valence-corrected chi connectivity index (χ0v) is 11.8. The third-order valence-corrected chi connectivity index (χ3v) is 4.19. The van der Waals surface area contributed by atoms with Crippen molar-refractivity contribution in [1.29, 1.82) is 0 Å². The molecule has 0 saturated carbocycles. The summed E-state index contributed by atoms with van der Waals surface area (Å²) in [6.45, 7) is 6.04. The van der Waals surface area contributed by atoms with Crippen LogP contribution in [0.5, 0.6) is 0 Å². The topological polar surface area (TPSA) is 26.0 Å². The number of rotatable bonds is 2. The van der Waals surface area contributed by atoms with Gasteiger partial charge in [-0.15, -0.1) is 11.3 Å². The smallest absolute Gasteiger partial charge is 0.0441 e. The maximum absolute atomic E-state index is 6.14. The lowest BCUT2D eigenvalue weighted by atomic mass is 9.98. The minimum Gasteiger partial charge on any atom is -0.322 e. The Kier molecular flexibility index (Phi) is 3.30. The van der Waals surface area contributed by atoms with Gasteiger partial charge in [0.25, 0.3) is 0 Å². The molecule has 3 heteroatoms. The predicted molar refractivity (Wildman–Crippen MR) is 76.7 cm³/mol. The number of benzene rings is 1. The van der Waals surface area contributed by atoms with Crippen molar-refractivity contribution >= 4 is 22.9 Å². The van der Waals surface area contributed by atoms with Crippen LogP contribution in [0.1, 0.15) is 25.0 Å². The van der Waals surface area contributed by atoms with Gasteiger partial charge in [-0.05, 0) is 55.0 Å². The lowest BCUT2D eigenvalue weighted by Crippen LogP contribution is -2.27. The highest BCUT2D eigenvalue weighted by molar-refractivity contribution is 7.13. The van der Waals surface area contributed by atoms with E-state index in [0.29, 0.717) is 0 Å². The predicted octanol–water partition coefficient (Wildman–Crippen LogP) is 4.57. The maximum atomic E-state index is 6.14. The highest BCUT2D eigenvalue weighted by Crippen LogP contribution is 2.33. The van der Waals surface area contributed by atoms with Crippen molar-refractivity contribution in [3.8, 4) is 10.4 Å². The number of hydrogen-bond acceptors (Lipinski definition) is 2. The van der Waals surface area contributed by atoms with Crippen molar-refractivity contribution in [1.82, 2.24) is 0 Å². The summed E-state index contributed by atoms with van der Waals surface area (Å²) in [5.74, 6) is 0. The Balaban J connectivity index is 2.40. The molecule has 1 aromatic heterocycles. The fraction of sp³-hybridized carbons (Fsp3) is 0.286. The Morgan fingerprint density at radius 2 is 1.94 bits per heavy atom. The Labute approximate surface area is 111 Å². The Morgan fingerprint density at radius 1 is 1.24 bits per heavy atom. The molecule has 1 heterocycles. The second kappa shape index (κ2) is 4.45. The van der Waals surface area contributed by atoms with Gasteiger partial charge in [0.2, 0.25) is 0 Å². The summed E-state index contributed by atoms with van der Waals surface area (Å²) < 4.78 is 0. The van der Waals surface area contributed by atoms with Gasteiger partial charge in [0.1, 0.15) is 0 Å². The van der Waals surface area contributed by atoms with Crippen LogP contribution in [0.3, 0.4) is 0 Å². The molecule has 2 N–H and O–H groups in total. The van der Waals surface area contributed by atoms with Crippen molar-refractivity contribution < 1.29 is 0 Å². The molecule has 0 aliphatic heterocycles. The molecule has 0 aliphatic carbocycles. The fourth-order valence-corrected chi connectivity index (χ4v) is 2.84. The largest absolute Gasteiger partial charge is 0.322 e. The quantitative estimate of drug-likeness (QED) is 0.846. The van der Waals surface area contributed by atoms with E-state index in [1.54, 1.807) is 11.3 Å². The van der Waals surface area contributed by atoms with E-state index in [9.17, 15) is 0 Å². The maximum Gasteiger partial charge on any atom is 0.0441 e. The first-order valence-electron chi connectivity index (χ1n) is 5.52. The molecule has 0 fully saturated rings. The Hall–Kier alpha value is -0.830. The summed E-state index contributed by atoms with van der Waals surface area (Å²) in [4.78, 5) is 1.21. The highest BCUT2D eigenvalue weighted by atomic mass is 35.5. The van der Waals surface area contributed by atoms with Crippen LogP contribution in [0.25, 0.3) is 10.4 Å². The van der Waals surface area contributed by atoms with Crippen LogP contribution in [0.4, 0.5) is 0 Å². The molecule has 1 nitrogen and oxygen atoms in total. The van der Waals surface area contributed by atoms with E-state index in [0.717, 1.165) is 21.7 Å². The van der Waals surface area contributed by atoms with E-state index in [1.807, 2.05) is 32.9 Å². The molecular formula is C14H16ClNS. The van der Waals surface area contributed by atoms with Crippen LogP contribution in [0, 0.1) is 6.92 Å². The molecule has 0 bridgehead atoms. The molecule has 2 aromatic rings. The van der Waals surface area contributed by atoms with Gasteiger partial charge in [-0.1, -0.05) is 23.7 Å². The van der Waals surface area contributed by atoms with Crippen LogP contribution < -0.4 is 5.73 Å². The summed E-state index contributed by atoms with van der Waals surface area (Å²) in [5, 5.41) is 2.92. The number of nitrogens with two attached hydrogens (primary N) is 1. The van der Waals surface area contributed by atoms with E-state index < -0.39 is 0 Å². The second-order valence-electron chi connectivity index (χ2n) is 4.89. The first-order chi connectivity index (χ1) is 7.88. The number of thiophene rings is 1. The van der Waals surface area contributed by atoms with Crippen LogP contribution >= 0.6 is 22.9 Å². The Morgan fingerprint density at radius 3 is 2.47 bits per heavy atom. The van der Waals surface area contributed by atoms with Gasteiger partial charge in [0, 0.05) is 15.4 Å². The third-order valence-electron chi connectivity index (χ3n) is 2.80. The average Bonchev–Trinajstić information content (AvgIpc) is 2.70. The van der Waals surface area contributed by atoms with Gasteiger partial charge in [0.05, 0.1) is 0 Å². The van der Waals surface area contributed by atoms with Crippen LogP contribution in [-0.4, -0.2) is 0 Å². The lowest BCUT2D eigenvalue weighted by molar-refractivity contribution is 0.557. The Bertz CT molecular complexity index is 537. The summed E-state index contributed by atoms with van der Waals surface area (Å²) in [6, 6.07) is 8.30. The molecule has 17 heavy (non-hydrogen) atoms. The summed E-state index contributed by atoms with van der Waals surface area (Å²) >= 11 is 7.85. The first-order valence-corrected chi connectivity index (χ1v) is 6.78. The van der Waals surface area contributed by atoms with Gasteiger partial charge in [-0.2, -0.15) is 0 Å². The van der Waals surface area contributed by atoms with Gasteiger partial charge in [-0.3, -0.25) is 0 Å². The summed E-state index contributed by atoms with van der Waals surface area (Å²) in [7, 11) is 0. The van der Waals surface area contributed by atoms with Crippen molar-refractivity contribution in [2.24, 2.45) is 5.73 Å². The molecule has 0 amide bonds. The molecule has 0 aliphatic rings. The van der Waals surface area contributed by atoms with Crippen LogP contribution in [0.15, 0.2) is 29.6 Å². The number of hydrogen-bond donors (Lipinski definition) is 1.